The van der Waals surface area contributed by atoms with Crippen molar-refractivity contribution < 1.29 is 9.59 Å². The van der Waals surface area contributed by atoms with E-state index in [9.17, 15) is 9.59 Å². The number of hydrogen-bond acceptors (Lipinski definition) is 2. The Morgan fingerprint density at radius 2 is 1.71 bits per heavy atom. The van der Waals surface area contributed by atoms with Crippen molar-refractivity contribution in [2.45, 2.75) is 78.2 Å². The summed E-state index contributed by atoms with van der Waals surface area (Å²) < 4.78 is 0. The van der Waals surface area contributed by atoms with Gasteiger partial charge in [-0.15, -0.1) is 0 Å². The highest BCUT2D eigenvalue weighted by Gasteiger charge is 2.32. The lowest BCUT2D eigenvalue weighted by atomic mass is 10.0. The van der Waals surface area contributed by atoms with Gasteiger partial charge in [-0.2, -0.15) is 0 Å². The Morgan fingerprint density at radius 3 is 2.33 bits per heavy atom. The summed E-state index contributed by atoms with van der Waals surface area (Å²) in [6.45, 7) is 7.35. The van der Waals surface area contributed by atoms with Crippen LogP contribution in [0.2, 0.25) is 0 Å². The summed E-state index contributed by atoms with van der Waals surface area (Å²) in [5.74, 6) is 0.509. The van der Waals surface area contributed by atoms with Crippen LogP contribution in [0.5, 0.6) is 0 Å². The van der Waals surface area contributed by atoms with Crippen molar-refractivity contribution in [2.75, 3.05) is 13.1 Å². The van der Waals surface area contributed by atoms with Crippen LogP contribution in [0.3, 0.4) is 0 Å². The first-order chi connectivity index (χ1) is 10.0. The molecule has 0 aromatic rings. The summed E-state index contributed by atoms with van der Waals surface area (Å²) in [5.41, 5.74) is 0. The van der Waals surface area contributed by atoms with Gasteiger partial charge < -0.3 is 10.2 Å². The Balaban J connectivity index is 2.26. The molecule has 0 saturated carbocycles. The molecule has 1 fully saturated rings. The molecular formula is C17H32N2O2. The first-order valence-corrected chi connectivity index (χ1v) is 8.62. The molecule has 1 heterocycles. The molecule has 1 N–H and O–H groups in total. The second-order valence-corrected chi connectivity index (χ2v) is 6.63. The van der Waals surface area contributed by atoms with Crippen LogP contribution in [0.15, 0.2) is 0 Å². The first kappa shape index (κ1) is 18.0. The van der Waals surface area contributed by atoms with Crippen LogP contribution in [0.25, 0.3) is 0 Å². The van der Waals surface area contributed by atoms with Crippen LogP contribution in [-0.4, -0.2) is 35.8 Å². The maximum absolute atomic E-state index is 12.3. The molecule has 1 atom stereocenters. The normalized spacial score (nSPS) is 19.2. The van der Waals surface area contributed by atoms with Gasteiger partial charge in [-0.05, 0) is 18.8 Å². The van der Waals surface area contributed by atoms with Gasteiger partial charge >= 0.3 is 0 Å². The van der Waals surface area contributed by atoms with E-state index in [1.54, 1.807) is 4.90 Å². The van der Waals surface area contributed by atoms with E-state index in [4.69, 9.17) is 0 Å². The minimum atomic E-state index is -0.309. The second kappa shape index (κ2) is 9.80. The molecule has 0 bridgehead atoms. The average molecular weight is 296 g/mol. The second-order valence-electron chi connectivity index (χ2n) is 6.63. The highest BCUT2D eigenvalue weighted by Crippen LogP contribution is 2.13. The van der Waals surface area contributed by atoms with Crippen molar-refractivity contribution in [3.63, 3.8) is 0 Å². The molecule has 122 valence electrons. The number of hydrogen-bond donors (Lipinski definition) is 1. The summed E-state index contributed by atoms with van der Waals surface area (Å²) in [4.78, 5) is 25.8. The zero-order valence-corrected chi connectivity index (χ0v) is 14.0. The Kier molecular flexibility index (Phi) is 8.40. The molecule has 1 saturated heterocycles. The molecule has 1 aliphatic heterocycles. The Morgan fingerprint density at radius 1 is 1.10 bits per heavy atom. The quantitative estimate of drug-likeness (QED) is 0.630. The molecule has 0 aliphatic carbocycles. The highest BCUT2D eigenvalue weighted by molar-refractivity contribution is 5.94. The van der Waals surface area contributed by atoms with Crippen molar-refractivity contribution in [3.05, 3.63) is 0 Å². The number of carbonyl (C=O) groups excluding carboxylic acids is 2. The van der Waals surface area contributed by atoms with Gasteiger partial charge in [0, 0.05) is 6.54 Å². The lowest BCUT2D eigenvalue weighted by molar-refractivity contribution is -0.144. The largest absolute Gasteiger partial charge is 0.343 e. The third-order valence-corrected chi connectivity index (χ3v) is 4.02. The van der Waals surface area contributed by atoms with Crippen LogP contribution in [0.4, 0.5) is 0 Å². The molecule has 1 aliphatic rings. The van der Waals surface area contributed by atoms with Crippen molar-refractivity contribution in [2.24, 2.45) is 5.92 Å². The van der Waals surface area contributed by atoms with Crippen LogP contribution >= 0.6 is 0 Å². The molecule has 21 heavy (non-hydrogen) atoms. The first-order valence-electron chi connectivity index (χ1n) is 8.62. The fraction of sp³-hybridized carbons (Fsp3) is 0.882. The molecule has 1 rings (SSSR count). The van der Waals surface area contributed by atoms with E-state index < -0.39 is 0 Å². The summed E-state index contributed by atoms with van der Waals surface area (Å²) in [5, 5.41) is 2.82. The number of nitrogens with one attached hydrogen (secondary N) is 1. The van der Waals surface area contributed by atoms with Crippen LogP contribution in [0.1, 0.15) is 72.1 Å². The van der Waals surface area contributed by atoms with Crippen LogP contribution in [-0.2, 0) is 9.59 Å². The lowest BCUT2D eigenvalue weighted by Crippen LogP contribution is -2.58. The van der Waals surface area contributed by atoms with E-state index in [0.29, 0.717) is 5.92 Å². The molecule has 0 radical (unpaired) electrons. The van der Waals surface area contributed by atoms with Crippen LogP contribution < -0.4 is 5.32 Å². The number of rotatable bonds is 10. The topological polar surface area (TPSA) is 49.4 Å². The number of unbranched alkanes of at least 4 members (excludes halogenated alkanes) is 6. The SMILES string of the molecule is CCCCCCCCCN1CC(=O)NC(CC(C)C)C1=O. The highest BCUT2D eigenvalue weighted by atomic mass is 16.2. The predicted octanol–water partition coefficient (Wildman–Crippen LogP) is 3.11. The molecule has 0 spiro atoms. The van der Waals surface area contributed by atoms with E-state index in [-0.39, 0.29) is 24.4 Å². The third-order valence-electron chi connectivity index (χ3n) is 4.02. The average Bonchev–Trinajstić information content (AvgIpc) is 2.42. The fourth-order valence-corrected chi connectivity index (χ4v) is 2.85. The van der Waals surface area contributed by atoms with Gasteiger partial charge in [-0.3, -0.25) is 9.59 Å². The van der Waals surface area contributed by atoms with E-state index in [0.717, 1.165) is 25.8 Å². The van der Waals surface area contributed by atoms with Gasteiger partial charge in [0.2, 0.25) is 11.8 Å². The summed E-state index contributed by atoms with van der Waals surface area (Å²) >= 11 is 0. The Hall–Kier alpha value is -1.06. The predicted molar refractivity (Wildman–Crippen MR) is 86.0 cm³/mol. The van der Waals surface area contributed by atoms with Gasteiger partial charge in [0.15, 0.2) is 0 Å². The minimum absolute atomic E-state index is 0.0109. The molecule has 0 aromatic carbocycles. The Labute approximate surface area is 129 Å². The molecule has 2 amide bonds. The number of nitrogens with zero attached hydrogens (tertiary/aromatic N) is 1. The fourth-order valence-electron chi connectivity index (χ4n) is 2.85. The van der Waals surface area contributed by atoms with E-state index in [1.807, 2.05) is 0 Å². The molecule has 1 unspecified atom stereocenters. The molecule has 0 aromatic heterocycles. The van der Waals surface area contributed by atoms with Gasteiger partial charge in [0.1, 0.15) is 6.04 Å². The zero-order chi connectivity index (χ0) is 15.7. The molecular weight excluding hydrogens is 264 g/mol. The van der Waals surface area contributed by atoms with Crippen molar-refractivity contribution in [1.29, 1.82) is 0 Å². The molecule has 4 nitrogen and oxygen atoms in total. The maximum atomic E-state index is 12.3. The third kappa shape index (κ3) is 6.96. The van der Waals surface area contributed by atoms with Crippen LogP contribution in [0, 0.1) is 5.92 Å². The number of amides is 2. The van der Waals surface area contributed by atoms with Crippen molar-refractivity contribution in [1.82, 2.24) is 10.2 Å². The van der Waals surface area contributed by atoms with Gasteiger partial charge in [-0.25, -0.2) is 0 Å². The van der Waals surface area contributed by atoms with Gasteiger partial charge in [-0.1, -0.05) is 59.3 Å². The standard InChI is InChI=1S/C17H32N2O2/c1-4-5-6-7-8-9-10-11-19-13-16(20)18-15(17(19)21)12-14(2)3/h14-15H,4-13H2,1-3H3,(H,18,20). The van der Waals surface area contributed by atoms with E-state index in [2.05, 4.69) is 26.1 Å². The summed E-state index contributed by atoms with van der Waals surface area (Å²) in [6, 6.07) is -0.309. The summed E-state index contributed by atoms with van der Waals surface area (Å²) in [6.07, 6.45) is 9.35. The molecule has 4 heteroatoms. The lowest BCUT2D eigenvalue weighted by Gasteiger charge is -2.33. The monoisotopic (exact) mass is 296 g/mol. The Bertz CT molecular complexity index is 329. The smallest absolute Gasteiger partial charge is 0.245 e. The zero-order valence-electron chi connectivity index (χ0n) is 14.0. The minimum Gasteiger partial charge on any atom is -0.343 e. The number of carbonyl (C=O) groups is 2. The van der Waals surface area contributed by atoms with Crippen molar-refractivity contribution in [3.8, 4) is 0 Å². The summed E-state index contributed by atoms with van der Waals surface area (Å²) in [7, 11) is 0. The van der Waals surface area contributed by atoms with Gasteiger partial charge in [0.05, 0.1) is 6.54 Å². The van der Waals surface area contributed by atoms with E-state index >= 15 is 0 Å². The van der Waals surface area contributed by atoms with Crippen molar-refractivity contribution >= 4 is 11.8 Å². The van der Waals surface area contributed by atoms with Gasteiger partial charge in [0.25, 0.3) is 0 Å². The van der Waals surface area contributed by atoms with E-state index in [1.165, 1.54) is 32.1 Å². The maximum Gasteiger partial charge on any atom is 0.245 e. The number of piperazine rings is 1.